The third-order valence-electron chi connectivity index (χ3n) is 6.77. The Bertz CT molecular complexity index is 967. The van der Waals surface area contributed by atoms with Crippen molar-refractivity contribution < 1.29 is 0 Å². The number of rotatable bonds is 3. The molecular formula is C29H39N. The predicted molar refractivity (Wildman–Crippen MR) is 133 cm³/mol. The van der Waals surface area contributed by atoms with E-state index in [2.05, 4.69) is 104 Å². The van der Waals surface area contributed by atoms with E-state index in [0.29, 0.717) is 0 Å². The van der Waals surface area contributed by atoms with E-state index in [0.717, 1.165) is 30.7 Å². The zero-order chi connectivity index (χ0) is 22.3. The molecule has 0 bridgehead atoms. The fourth-order valence-electron chi connectivity index (χ4n) is 4.12. The third-order valence-corrected chi connectivity index (χ3v) is 6.77. The maximum absolute atomic E-state index is 5.23. The normalized spacial score (nSPS) is 22.3. The SMILES string of the molecule is C=C(N=C(c1ccc2c(c1)C=CCC2)C1(C)CC=C(C(C)(C)C)C=C1C)C(C)(C)C. The van der Waals surface area contributed by atoms with E-state index in [1.807, 2.05) is 0 Å². The largest absolute Gasteiger partial charge is 0.256 e. The molecule has 160 valence electrons. The molecule has 0 saturated carbocycles. The quantitative estimate of drug-likeness (QED) is 0.451. The van der Waals surface area contributed by atoms with Crippen LogP contribution in [0.15, 0.2) is 64.8 Å². The van der Waals surface area contributed by atoms with Crippen molar-refractivity contribution in [3.63, 3.8) is 0 Å². The van der Waals surface area contributed by atoms with Crippen LogP contribution in [0.1, 0.15) is 84.9 Å². The minimum absolute atomic E-state index is 0.0611. The number of hydrogen-bond donors (Lipinski definition) is 0. The molecule has 0 radical (unpaired) electrons. The second kappa shape index (κ2) is 7.84. The van der Waals surface area contributed by atoms with Gasteiger partial charge in [0.05, 0.1) is 5.71 Å². The van der Waals surface area contributed by atoms with Crippen molar-refractivity contribution in [1.82, 2.24) is 0 Å². The van der Waals surface area contributed by atoms with Crippen LogP contribution < -0.4 is 0 Å². The van der Waals surface area contributed by atoms with Crippen molar-refractivity contribution >= 4 is 11.8 Å². The summed E-state index contributed by atoms with van der Waals surface area (Å²) in [6, 6.07) is 6.90. The van der Waals surface area contributed by atoms with Crippen molar-refractivity contribution in [1.29, 1.82) is 0 Å². The second-order valence-corrected chi connectivity index (χ2v) is 11.3. The summed E-state index contributed by atoms with van der Waals surface area (Å²) in [6.07, 6.45) is 12.6. The molecule has 1 unspecified atom stereocenters. The van der Waals surface area contributed by atoms with Gasteiger partial charge in [0.1, 0.15) is 0 Å². The molecular weight excluding hydrogens is 362 g/mol. The van der Waals surface area contributed by atoms with Crippen molar-refractivity contribution in [2.45, 2.75) is 74.7 Å². The van der Waals surface area contributed by atoms with Crippen LogP contribution in [0, 0.1) is 16.2 Å². The average Bonchev–Trinajstić information content (AvgIpc) is 2.66. The van der Waals surface area contributed by atoms with Crippen LogP contribution in [-0.2, 0) is 6.42 Å². The molecule has 1 aromatic rings. The van der Waals surface area contributed by atoms with Gasteiger partial charge in [0, 0.05) is 16.5 Å². The van der Waals surface area contributed by atoms with E-state index in [1.54, 1.807) is 0 Å². The van der Waals surface area contributed by atoms with Crippen LogP contribution in [0.25, 0.3) is 6.08 Å². The Hall–Kier alpha value is -2.15. The molecule has 0 fully saturated rings. The molecule has 1 aromatic carbocycles. The molecule has 0 aliphatic heterocycles. The fourth-order valence-corrected chi connectivity index (χ4v) is 4.12. The maximum atomic E-state index is 5.23. The van der Waals surface area contributed by atoms with E-state index >= 15 is 0 Å². The van der Waals surface area contributed by atoms with Crippen LogP contribution in [0.5, 0.6) is 0 Å². The van der Waals surface area contributed by atoms with E-state index < -0.39 is 0 Å². The van der Waals surface area contributed by atoms with E-state index in [1.165, 1.54) is 27.8 Å². The van der Waals surface area contributed by atoms with E-state index in [4.69, 9.17) is 4.99 Å². The van der Waals surface area contributed by atoms with Crippen molar-refractivity contribution in [3.8, 4) is 0 Å². The van der Waals surface area contributed by atoms with Crippen LogP contribution in [0.2, 0.25) is 0 Å². The number of benzene rings is 1. The predicted octanol–water partition coefficient (Wildman–Crippen LogP) is 8.32. The molecule has 30 heavy (non-hydrogen) atoms. The topological polar surface area (TPSA) is 12.4 Å². The Kier molecular flexibility index (Phi) is 5.89. The zero-order valence-corrected chi connectivity index (χ0v) is 20.3. The third kappa shape index (κ3) is 4.46. The number of aliphatic imine (C=N–C) groups is 1. The van der Waals surface area contributed by atoms with Crippen molar-refractivity contribution in [3.05, 3.63) is 76.5 Å². The molecule has 3 rings (SSSR count). The molecule has 0 heterocycles. The first-order valence-electron chi connectivity index (χ1n) is 11.3. The first-order valence-corrected chi connectivity index (χ1v) is 11.3. The van der Waals surface area contributed by atoms with E-state index in [9.17, 15) is 0 Å². The lowest BCUT2D eigenvalue weighted by Gasteiger charge is -2.38. The molecule has 0 saturated heterocycles. The first kappa shape index (κ1) is 22.5. The van der Waals surface area contributed by atoms with Gasteiger partial charge in [-0.1, -0.05) is 90.1 Å². The smallest absolute Gasteiger partial charge is 0.0581 e. The summed E-state index contributed by atoms with van der Waals surface area (Å²) in [5.74, 6) is 0. The number of allylic oxidation sites excluding steroid dienone is 6. The van der Waals surface area contributed by atoms with Crippen molar-refractivity contribution in [2.24, 2.45) is 21.2 Å². The van der Waals surface area contributed by atoms with Crippen molar-refractivity contribution in [2.75, 3.05) is 0 Å². The molecule has 1 nitrogen and oxygen atoms in total. The van der Waals surface area contributed by atoms with Crippen LogP contribution in [0.4, 0.5) is 0 Å². The van der Waals surface area contributed by atoms with Gasteiger partial charge in [0.15, 0.2) is 0 Å². The molecule has 2 aliphatic carbocycles. The van der Waals surface area contributed by atoms with Gasteiger partial charge in [-0.15, -0.1) is 0 Å². The van der Waals surface area contributed by atoms with Gasteiger partial charge in [-0.3, -0.25) is 4.99 Å². The summed E-state index contributed by atoms with van der Waals surface area (Å²) in [7, 11) is 0. The summed E-state index contributed by atoms with van der Waals surface area (Å²) in [5.41, 5.74) is 8.81. The summed E-state index contributed by atoms with van der Waals surface area (Å²) in [5, 5.41) is 0. The lowest BCUT2D eigenvalue weighted by molar-refractivity contribution is 0.480. The highest BCUT2D eigenvalue weighted by molar-refractivity contribution is 6.07. The highest BCUT2D eigenvalue weighted by Gasteiger charge is 2.37. The lowest BCUT2D eigenvalue weighted by atomic mass is 9.67. The number of nitrogens with zero attached hydrogens (tertiary/aromatic N) is 1. The molecule has 0 aromatic heterocycles. The van der Waals surface area contributed by atoms with E-state index in [-0.39, 0.29) is 16.2 Å². The van der Waals surface area contributed by atoms with Gasteiger partial charge >= 0.3 is 0 Å². The van der Waals surface area contributed by atoms with Gasteiger partial charge in [0.25, 0.3) is 0 Å². The molecule has 1 heteroatoms. The number of fused-ring (bicyclic) bond motifs is 1. The molecule has 2 aliphatic rings. The minimum atomic E-state index is -0.143. The molecule has 1 atom stereocenters. The number of aryl methyl sites for hydroxylation is 1. The Labute approximate surface area is 184 Å². The Morgan fingerprint density at radius 1 is 1.10 bits per heavy atom. The zero-order valence-electron chi connectivity index (χ0n) is 20.3. The average molecular weight is 402 g/mol. The van der Waals surface area contributed by atoms with Gasteiger partial charge in [-0.25, -0.2) is 0 Å². The highest BCUT2D eigenvalue weighted by atomic mass is 14.8. The Morgan fingerprint density at radius 3 is 2.40 bits per heavy atom. The summed E-state index contributed by atoms with van der Waals surface area (Å²) in [6.45, 7) is 22.4. The summed E-state index contributed by atoms with van der Waals surface area (Å²) in [4.78, 5) is 5.23. The molecule has 0 N–H and O–H groups in total. The van der Waals surface area contributed by atoms with Crippen LogP contribution in [0.3, 0.4) is 0 Å². The maximum Gasteiger partial charge on any atom is 0.0581 e. The van der Waals surface area contributed by atoms with Crippen LogP contribution in [-0.4, -0.2) is 5.71 Å². The van der Waals surface area contributed by atoms with Crippen LogP contribution >= 0.6 is 0 Å². The summed E-state index contributed by atoms with van der Waals surface area (Å²) >= 11 is 0. The van der Waals surface area contributed by atoms with Gasteiger partial charge in [-0.05, 0) is 66.9 Å². The Morgan fingerprint density at radius 2 is 1.80 bits per heavy atom. The van der Waals surface area contributed by atoms with Gasteiger partial charge in [-0.2, -0.15) is 0 Å². The van der Waals surface area contributed by atoms with Gasteiger partial charge in [0.2, 0.25) is 0 Å². The molecule has 0 amide bonds. The Balaban J connectivity index is 2.14. The highest BCUT2D eigenvalue weighted by Crippen LogP contribution is 2.44. The monoisotopic (exact) mass is 401 g/mol. The second-order valence-electron chi connectivity index (χ2n) is 11.3. The lowest BCUT2D eigenvalue weighted by Crippen LogP contribution is -2.33. The minimum Gasteiger partial charge on any atom is -0.256 e. The fraction of sp³-hybridized carbons (Fsp3) is 0.483. The molecule has 0 spiro atoms. The standard InChI is InChI=1S/C29H39N/c1-20-18-25(28(6,7)8)16-17-29(20,9)26(30-21(2)27(3,4)5)24-15-14-22-12-10-11-13-23(22)19-24/h11,13-16,18-19H,2,10,12,17H2,1,3-9H3. The first-order chi connectivity index (χ1) is 13.8. The van der Waals surface area contributed by atoms with Gasteiger partial charge < -0.3 is 0 Å². The summed E-state index contributed by atoms with van der Waals surface area (Å²) < 4.78 is 0. The number of hydrogen-bond acceptors (Lipinski definition) is 1.